The molecule has 0 saturated carbocycles. The van der Waals surface area contributed by atoms with Gasteiger partial charge >= 0.3 is 0 Å². The van der Waals surface area contributed by atoms with E-state index in [1.165, 1.54) is 22.3 Å². The summed E-state index contributed by atoms with van der Waals surface area (Å²) in [4.78, 5) is 0. The SMILES string of the molecule is Cc1ccc(C)c(CC(CBr)c2cccc(Br)c2)c1. The highest BCUT2D eigenvalue weighted by Gasteiger charge is 2.13. The molecular formula is C17H18Br2. The summed E-state index contributed by atoms with van der Waals surface area (Å²) in [5.41, 5.74) is 5.55. The van der Waals surface area contributed by atoms with Crippen molar-refractivity contribution in [2.75, 3.05) is 5.33 Å². The van der Waals surface area contributed by atoms with Gasteiger partial charge < -0.3 is 0 Å². The lowest BCUT2D eigenvalue weighted by Gasteiger charge is -2.17. The van der Waals surface area contributed by atoms with Crippen molar-refractivity contribution in [1.82, 2.24) is 0 Å². The summed E-state index contributed by atoms with van der Waals surface area (Å²) in [6.07, 6.45) is 1.08. The Balaban J connectivity index is 2.26. The van der Waals surface area contributed by atoms with Crippen LogP contribution in [-0.4, -0.2) is 5.33 Å². The summed E-state index contributed by atoms with van der Waals surface area (Å²) in [6.45, 7) is 4.35. The summed E-state index contributed by atoms with van der Waals surface area (Å²) in [7, 11) is 0. The van der Waals surface area contributed by atoms with Gasteiger partial charge in [-0.3, -0.25) is 0 Å². The van der Waals surface area contributed by atoms with Crippen molar-refractivity contribution >= 4 is 31.9 Å². The summed E-state index contributed by atoms with van der Waals surface area (Å²) in [6, 6.07) is 15.3. The Morgan fingerprint density at radius 1 is 1.05 bits per heavy atom. The molecule has 0 saturated heterocycles. The fourth-order valence-corrected chi connectivity index (χ4v) is 3.33. The zero-order valence-corrected chi connectivity index (χ0v) is 14.5. The summed E-state index contributed by atoms with van der Waals surface area (Å²) in [5, 5.41) is 0.983. The molecule has 2 heteroatoms. The quantitative estimate of drug-likeness (QED) is 0.588. The van der Waals surface area contributed by atoms with Crippen molar-refractivity contribution in [2.24, 2.45) is 0 Å². The van der Waals surface area contributed by atoms with Gasteiger partial charge in [0.1, 0.15) is 0 Å². The number of alkyl halides is 1. The molecule has 2 aromatic carbocycles. The maximum absolute atomic E-state index is 3.66. The topological polar surface area (TPSA) is 0 Å². The summed E-state index contributed by atoms with van der Waals surface area (Å²) < 4.78 is 1.15. The molecule has 0 heterocycles. The third-order valence-corrected chi connectivity index (χ3v) is 4.75. The van der Waals surface area contributed by atoms with Crippen LogP contribution in [0.4, 0.5) is 0 Å². The molecule has 0 bridgehead atoms. The van der Waals surface area contributed by atoms with Crippen LogP contribution in [-0.2, 0) is 6.42 Å². The van der Waals surface area contributed by atoms with Gasteiger partial charge in [-0.1, -0.05) is 67.8 Å². The van der Waals surface area contributed by atoms with E-state index >= 15 is 0 Å². The average Bonchev–Trinajstić information content (AvgIpc) is 2.39. The highest BCUT2D eigenvalue weighted by Crippen LogP contribution is 2.27. The van der Waals surface area contributed by atoms with Crippen LogP contribution in [0, 0.1) is 13.8 Å². The number of hydrogen-bond donors (Lipinski definition) is 0. The van der Waals surface area contributed by atoms with Crippen molar-refractivity contribution in [3.63, 3.8) is 0 Å². The Morgan fingerprint density at radius 2 is 1.84 bits per heavy atom. The number of aryl methyl sites for hydroxylation is 2. The first-order valence-corrected chi connectivity index (χ1v) is 8.39. The van der Waals surface area contributed by atoms with Gasteiger partial charge in [-0.2, -0.15) is 0 Å². The minimum Gasteiger partial charge on any atom is -0.0921 e. The lowest BCUT2D eigenvalue weighted by Crippen LogP contribution is -2.06. The first kappa shape index (κ1) is 14.8. The van der Waals surface area contributed by atoms with E-state index in [0.717, 1.165) is 16.2 Å². The molecule has 0 aliphatic heterocycles. The van der Waals surface area contributed by atoms with Crippen LogP contribution in [0.15, 0.2) is 46.9 Å². The molecule has 0 aliphatic carbocycles. The van der Waals surface area contributed by atoms with E-state index in [9.17, 15) is 0 Å². The van der Waals surface area contributed by atoms with E-state index in [4.69, 9.17) is 0 Å². The van der Waals surface area contributed by atoms with Crippen molar-refractivity contribution in [3.05, 3.63) is 69.2 Å². The second kappa shape index (κ2) is 6.71. The van der Waals surface area contributed by atoms with E-state index in [-0.39, 0.29) is 0 Å². The third-order valence-electron chi connectivity index (χ3n) is 3.48. The van der Waals surface area contributed by atoms with Gasteiger partial charge in [-0.15, -0.1) is 0 Å². The summed E-state index contributed by atoms with van der Waals surface area (Å²) in [5.74, 6) is 0.512. The molecule has 19 heavy (non-hydrogen) atoms. The fraction of sp³-hybridized carbons (Fsp3) is 0.294. The van der Waals surface area contributed by atoms with Gasteiger partial charge in [0.25, 0.3) is 0 Å². The molecule has 0 radical (unpaired) electrons. The molecule has 1 atom stereocenters. The van der Waals surface area contributed by atoms with Crippen molar-refractivity contribution in [1.29, 1.82) is 0 Å². The Hall–Kier alpha value is -0.600. The fourth-order valence-electron chi connectivity index (χ4n) is 2.31. The number of rotatable bonds is 4. The van der Waals surface area contributed by atoms with Crippen LogP contribution >= 0.6 is 31.9 Å². The molecular weight excluding hydrogens is 364 g/mol. The molecule has 100 valence electrons. The van der Waals surface area contributed by atoms with Gasteiger partial charge in [0, 0.05) is 9.80 Å². The minimum atomic E-state index is 0.512. The molecule has 0 N–H and O–H groups in total. The molecule has 2 rings (SSSR count). The predicted molar refractivity (Wildman–Crippen MR) is 90.3 cm³/mol. The Bertz CT molecular complexity index is 561. The van der Waals surface area contributed by atoms with Crippen LogP contribution in [0.3, 0.4) is 0 Å². The van der Waals surface area contributed by atoms with Gasteiger partial charge in [0.2, 0.25) is 0 Å². The van der Waals surface area contributed by atoms with Gasteiger partial charge in [-0.05, 0) is 55.0 Å². The van der Waals surface area contributed by atoms with Crippen LogP contribution in [0.25, 0.3) is 0 Å². The Labute approximate surface area is 132 Å². The van der Waals surface area contributed by atoms with E-state index in [2.05, 4.69) is 88.2 Å². The number of benzene rings is 2. The molecule has 0 aromatic heterocycles. The highest BCUT2D eigenvalue weighted by atomic mass is 79.9. The van der Waals surface area contributed by atoms with Crippen LogP contribution in [0.1, 0.15) is 28.2 Å². The van der Waals surface area contributed by atoms with Gasteiger partial charge in [-0.25, -0.2) is 0 Å². The van der Waals surface area contributed by atoms with Crippen molar-refractivity contribution in [3.8, 4) is 0 Å². The maximum atomic E-state index is 3.66. The molecule has 0 fully saturated rings. The van der Waals surface area contributed by atoms with E-state index in [1.807, 2.05) is 0 Å². The Kier molecular flexibility index (Phi) is 5.23. The summed E-state index contributed by atoms with van der Waals surface area (Å²) >= 11 is 7.22. The minimum absolute atomic E-state index is 0.512. The third kappa shape index (κ3) is 3.93. The Morgan fingerprint density at radius 3 is 2.53 bits per heavy atom. The lowest BCUT2D eigenvalue weighted by atomic mass is 9.91. The number of halogens is 2. The molecule has 1 unspecified atom stereocenters. The molecule has 0 amide bonds. The normalized spacial score (nSPS) is 12.4. The highest BCUT2D eigenvalue weighted by molar-refractivity contribution is 9.10. The van der Waals surface area contributed by atoms with Gasteiger partial charge in [0.05, 0.1) is 0 Å². The van der Waals surface area contributed by atoms with E-state index in [1.54, 1.807) is 0 Å². The monoisotopic (exact) mass is 380 g/mol. The predicted octanol–water partition coefficient (Wildman–Crippen LogP) is 5.79. The molecule has 2 aromatic rings. The van der Waals surface area contributed by atoms with Crippen molar-refractivity contribution in [2.45, 2.75) is 26.2 Å². The lowest BCUT2D eigenvalue weighted by molar-refractivity contribution is 0.770. The standard InChI is InChI=1S/C17H18Br2/c1-12-6-7-13(2)15(8-12)9-16(11-18)14-4-3-5-17(19)10-14/h3-8,10,16H,9,11H2,1-2H3. The van der Waals surface area contributed by atoms with Crippen LogP contribution in [0.5, 0.6) is 0 Å². The molecule has 0 aliphatic rings. The zero-order chi connectivity index (χ0) is 13.8. The smallest absolute Gasteiger partial charge is 0.0178 e. The average molecular weight is 382 g/mol. The van der Waals surface area contributed by atoms with E-state index < -0.39 is 0 Å². The van der Waals surface area contributed by atoms with Crippen LogP contribution < -0.4 is 0 Å². The second-order valence-corrected chi connectivity index (χ2v) is 6.60. The largest absolute Gasteiger partial charge is 0.0921 e. The van der Waals surface area contributed by atoms with Crippen molar-refractivity contribution < 1.29 is 0 Å². The molecule has 0 nitrogen and oxygen atoms in total. The van der Waals surface area contributed by atoms with Crippen LogP contribution in [0.2, 0.25) is 0 Å². The maximum Gasteiger partial charge on any atom is 0.0178 e. The first-order valence-electron chi connectivity index (χ1n) is 6.47. The second-order valence-electron chi connectivity index (χ2n) is 5.04. The first-order chi connectivity index (χ1) is 9.10. The van der Waals surface area contributed by atoms with Gasteiger partial charge in [0.15, 0.2) is 0 Å². The number of hydrogen-bond acceptors (Lipinski definition) is 0. The van der Waals surface area contributed by atoms with E-state index in [0.29, 0.717) is 5.92 Å². The molecule has 0 spiro atoms. The zero-order valence-electron chi connectivity index (χ0n) is 11.3.